The van der Waals surface area contributed by atoms with Gasteiger partial charge in [-0.25, -0.2) is 0 Å². The molecule has 28 heavy (non-hydrogen) atoms. The second kappa shape index (κ2) is 13.0. The maximum Gasteiger partial charge on any atom is 0.306 e. The molecule has 1 aromatic rings. The standard InChI is InChI=1S/C25H40O3/c1-3-4-5-6-7-8-9-10-14-17-25(19-22(2)18-24(26)28-25)21-27-20-23-15-12-11-13-16-23/h11-13,15-16,22H,3-10,14,17-21H2,1-2H3/t22-,25-/m1/s1. The molecule has 1 aliphatic rings. The van der Waals surface area contributed by atoms with Crippen LogP contribution in [0.25, 0.3) is 0 Å². The number of carbonyl (C=O) groups is 1. The van der Waals surface area contributed by atoms with Crippen LogP contribution in [0.15, 0.2) is 30.3 Å². The Morgan fingerprint density at radius 2 is 1.64 bits per heavy atom. The van der Waals surface area contributed by atoms with Crippen molar-refractivity contribution in [1.82, 2.24) is 0 Å². The van der Waals surface area contributed by atoms with Crippen molar-refractivity contribution in [2.24, 2.45) is 5.92 Å². The molecular weight excluding hydrogens is 348 g/mol. The van der Waals surface area contributed by atoms with Gasteiger partial charge in [-0.3, -0.25) is 4.79 Å². The van der Waals surface area contributed by atoms with Gasteiger partial charge in [0.15, 0.2) is 0 Å². The molecule has 0 N–H and O–H groups in total. The number of carbonyl (C=O) groups excluding carboxylic acids is 1. The fraction of sp³-hybridized carbons (Fsp3) is 0.720. The lowest BCUT2D eigenvalue weighted by Crippen LogP contribution is -2.45. The van der Waals surface area contributed by atoms with Gasteiger partial charge in [0.2, 0.25) is 0 Å². The maximum absolute atomic E-state index is 12.1. The van der Waals surface area contributed by atoms with Crippen molar-refractivity contribution in [3.8, 4) is 0 Å². The van der Waals surface area contributed by atoms with Crippen molar-refractivity contribution in [1.29, 1.82) is 0 Å². The average Bonchev–Trinajstić information content (AvgIpc) is 2.67. The Morgan fingerprint density at radius 3 is 2.29 bits per heavy atom. The molecule has 0 unspecified atom stereocenters. The van der Waals surface area contributed by atoms with Crippen molar-refractivity contribution in [2.75, 3.05) is 6.61 Å². The van der Waals surface area contributed by atoms with E-state index < -0.39 is 5.60 Å². The van der Waals surface area contributed by atoms with Crippen molar-refractivity contribution < 1.29 is 14.3 Å². The Bertz CT molecular complexity index is 542. The van der Waals surface area contributed by atoms with E-state index in [0.717, 1.165) is 24.8 Å². The summed E-state index contributed by atoms with van der Waals surface area (Å²) in [5, 5.41) is 0. The molecule has 1 aromatic carbocycles. The largest absolute Gasteiger partial charge is 0.457 e. The third kappa shape index (κ3) is 8.77. The van der Waals surface area contributed by atoms with Crippen LogP contribution < -0.4 is 0 Å². The molecule has 1 aliphatic heterocycles. The molecular formula is C25H40O3. The molecule has 1 fully saturated rings. The fourth-order valence-electron chi connectivity index (χ4n) is 4.32. The molecule has 2 rings (SSSR count). The minimum absolute atomic E-state index is 0.0574. The number of benzene rings is 1. The Kier molecular flexibility index (Phi) is 10.6. The average molecular weight is 389 g/mol. The van der Waals surface area contributed by atoms with E-state index in [1.165, 1.54) is 51.4 Å². The highest BCUT2D eigenvalue weighted by Crippen LogP contribution is 2.35. The predicted molar refractivity (Wildman–Crippen MR) is 115 cm³/mol. The normalized spacial score (nSPS) is 22.2. The van der Waals surface area contributed by atoms with E-state index in [2.05, 4.69) is 26.0 Å². The van der Waals surface area contributed by atoms with Gasteiger partial charge in [0.1, 0.15) is 5.60 Å². The van der Waals surface area contributed by atoms with E-state index in [9.17, 15) is 4.79 Å². The summed E-state index contributed by atoms with van der Waals surface area (Å²) in [4.78, 5) is 12.1. The van der Waals surface area contributed by atoms with Crippen LogP contribution in [0.3, 0.4) is 0 Å². The first-order chi connectivity index (χ1) is 13.6. The third-order valence-electron chi connectivity index (χ3n) is 5.78. The smallest absolute Gasteiger partial charge is 0.306 e. The minimum atomic E-state index is -0.426. The Balaban J connectivity index is 1.73. The van der Waals surface area contributed by atoms with Crippen molar-refractivity contribution in [3.63, 3.8) is 0 Å². The van der Waals surface area contributed by atoms with E-state index in [0.29, 0.717) is 25.6 Å². The molecule has 0 spiro atoms. The quantitative estimate of drug-likeness (QED) is 0.259. The predicted octanol–water partition coefficient (Wildman–Crippen LogP) is 6.84. The second-order valence-electron chi connectivity index (χ2n) is 8.73. The van der Waals surface area contributed by atoms with Crippen molar-refractivity contribution in [3.05, 3.63) is 35.9 Å². The summed E-state index contributed by atoms with van der Waals surface area (Å²) in [5.74, 6) is 0.318. The lowest BCUT2D eigenvalue weighted by atomic mass is 9.83. The molecule has 0 bridgehead atoms. The lowest BCUT2D eigenvalue weighted by molar-refractivity contribution is -0.182. The number of ether oxygens (including phenoxy) is 2. The van der Waals surface area contributed by atoms with Gasteiger partial charge in [0.25, 0.3) is 0 Å². The highest BCUT2D eigenvalue weighted by atomic mass is 16.6. The Morgan fingerprint density at radius 1 is 1.00 bits per heavy atom. The number of unbranched alkanes of at least 4 members (excludes halogenated alkanes) is 8. The summed E-state index contributed by atoms with van der Waals surface area (Å²) in [6.45, 7) is 5.50. The van der Waals surface area contributed by atoms with Gasteiger partial charge in [-0.2, -0.15) is 0 Å². The summed E-state index contributed by atoms with van der Waals surface area (Å²) in [6, 6.07) is 10.2. The van der Waals surface area contributed by atoms with E-state index >= 15 is 0 Å². The van der Waals surface area contributed by atoms with Gasteiger partial charge in [-0.05, 0) is 30.7 Å². The molecule has 0 amide bonds. The van der Waals surface area contributed by atoms with Crippen LogP contribution in [-0.2, 0) is 20.9 Å². The molecule has 2 atom stereocenters. The van der Waals surface area contributed by atoms with E-state index in [1.807, 2.05) is 18.2 Å². The Labute approximate surface area is 172 Å². The van der Waals surface area contributed by atoms with Crippen molar-refractivity contribution in [2.45, 2.75) is 103 Å². The first-order valence-electron chi connectivity index (χ1n) is 11.5. The topological polar surface area (TPSA) is 35.5 Å². The number of hydrogen-bond acceptors (Lipinski definition) is 3. The minimum Gasteiger partial charge on any atom is -0.457 e. The number of rotatable bonds is 14. The van der Waals surface area contributed by atoms with Crippen LogP contribution in [0, 0.1) is 5.92 Å². The first-order valence-corrected chi connectivity index (χ1v) is 11.5. The van der Waals surface area contributed by atoms with Crippen LogP contribution in [0.1, 0.15) is 96.5 Å². The summed E-state index contributed by atoms with van der Waals surface area (Å²) in [7, 11) is 0. The van der Waals surface area contributed by atoms with Crippen LogP contribution in [-0.4, -0.2) is 18.2 Å². The summed E-state index contributed by atoms with van der Waals surface area (Å²) < 4.78 is 11.9. The monoisotopic (exact) mass is 388 g/mol. The molecule has 0 aliphatic carbocycles. The van der Waals surface area contributed by atoms with E-state index in [-0.39, 0.29) is 5.97 Å². The molecule has 158 valence electrons. The Hall–Kier alpha value is -1.35. The SMILES string of the molecule is CCCCCCCCCCC[C@]1(COCc2ccccc2)C[C@H](C)CC(=O)O1. The molecule has 3 nitrogen and oxygen atoms in total. The summed E-state index contributed by atoms with van der Waals surface area (Å²) in [6.07, 6.45) is 14.1. The highest BCUT2D eigenvalue weighted by Gasteiger charge is 2.40. The molecule has 1 saturated heterocycles. The van der Waals surface area contributed by atoms with Crippen LogP contribution in [0.5, 0.6) is 0 Å². The summed E-state index contributed by atoms with van der Waals surface area (Å²) >= 11 is 0. The zero-order valence-electron chi connectivity index (χ0n) is 18.1. The van der Waals surface area contributed by atoms with Gasteiger partial charge in [-0.15, -0.1) is 0 Å². The third-order valence-corrected chi connectivity index (χ3v) is 5.78. The van der Waals surface area contributed by atoms with Crippen LogP contribution in [0.4, 0.5) is 0 Å². The van der Waals surface area contributed by atoms with Gasteiger partial charge >= 0.3 is 5.97 Å². The van der Waals surface area contributed by atoms with Crippen molar-refractivity contribution >= 4 is 5.97 Å². The molecule has 0 aromatic heterocycles. The zero-order valence-corrected chi connectivity index (χ0v) is 18.1. The van der Waals surface area contributed by atoms with Crippen LogP contribution in [0.2, 0.25) is 0 Å². The number of esters is 1. The van der Waals surface area contributed by atoms with Gasteiger partial charge in [0, 0.05) is 6.42 Å². The van der Waals surface area contributed by atoms with E-state index in [1.54, 1.807) is 0 Å². The fourth-order valence-corrected chi connectivity index (χ4v) is 4.32. The highest BCUT2D eigenvalue weighted by molar-refractivity contribution is 5.71. The zero-order chi connectivity index (χ0) is 20.1. The lowest BCUT2D eigenvalue weighted by Gasteiger charge is -2.39. The van der Waals surface area contributed by atoms with E-state index in [4.69, 9.17) is 9.47 Å². The van der Waals surface area contributed by atoms with Gasteiger partial charge < -0.3 is 9.47 Å². The molecule has 0 radical (unpaired) electrons. The van der Waals surface area contributed by atoms with Gasteiger partial charge in [0.05, 0.1) is 13.2 Å². The second-order valence-corrected chi connectivity index (χ2v) is 8.73. The molecule has 0 saturated carbocycles. The first kappa shape index (κ1) is 22.9. The summed E-state index contributed by atoms with van der Waals surface area (Å²) in [5.41, 5.74) is 0.737. The molecule has 3 heteroatoms. The maximum atomic E-state index is 12.1. The van der Waals surface area contributed by atoms with Gasteiger partial charge in [-0.1, -0.05) is 95.5 Å². The van der Waals surface area contributed by atoms with Crippen LogP contribution >= 0.6 is 0 Å². The number of hydrogen-bond donors (Lipinski definition) is 0. The number of cyclic esters (lactones) is 1. The molecule has 1 heterocycles.